The zero-order chi connectivity index (χ0) is 19.9. The fourth-order valence-corrected chi connectivity index (χ4v) is 2.75. The fourth-order valence-electron chi connectivity index (χ4n) is 2.75. The summed E-state index contributed by atoms with van der Waals surface area (Å²) in [5, 5.41) is 9.89. The first-order valence-electron chi connectivity index (χ1n) is 9.16. The zero-order valence-corrected chi connectivity index (χ0v) is 15.9. The first-order valence-corrected chi connectivity index (χ1v) is 9.16. The smallest absolute Gasteiger partial charge is 0.324 e. The number of methoxy groups -OCH3 is 1. The number of hydrogen-bond acceptors (Lipinski definition) is 3. The van der Waals surface area contributed by atoms with Crippen molar-refractivity contribution in [1.82, 2.24) is 9.78 Å². The van der Waals surface area contributed by atoms with E-state index in [4.69, 9.17) is 4.74 Å². The number of para-hydroxylation sites is 1. The van der Waals surface area contributed by atoms with Crippen LogP contribution in [0.25, 0.3) is 5.69 Å². The molecule has 6 nitrogen and oxygen atoms in total. The van der Waals surface area contributed by atoms with E-state index in [1.165, 1.54) is 12.1 Å². The number of hydrogen-bond donors (Lipinski definition) is 2. The number of unbranched alkanes of at least 4 members (excludes halogenated alkanes) is 1. The standard InChI is InChI=1S/C21H23FN4O2/c1-3-4-7-15-14-20(24-21(27)23-19-9-6-5-8-18(19)22)26(25-15)16-10-12-17(28-2)13-11-16/h5-6,8-14H,3-4,7H2,1-2H3,(H2,23,24,27). The van der Waals surface area contributed by atoms with E-state index in [-0.39, 0.29) is 5.69 Å². The van der Waals surface area contributed by atoms with Gasteiger partial charge in [-0.1, -0.05) is 25.5 Å². The molecular weight excluding hydrogens is 359 g/mol. The summed E-state index contributed by atoms with van der Waals surface area (Å²) in [6.07, 6.45) is 2.86. The molecule has 2 N–H and O–H groups in total. The molecule has 3 aromatic rings. The van der Waals surface area contributed by atoms with Gasteiger partial charge in [0.25, 0.3) is 0 Å². The number of amides is 2. The van der Waals surface area contributed by atoms with Crippen molar-refractivity contribution in [3.8, 4) is 11.4 Å². The highest BCUT2D eigenvalue weighted by atomic mass is 19.1. The minimum Gasteiger partial charge on any atom is -0.497 e. The lowest BCUT2D eigenvalue weighted by Gasteiger charge is -2.11. The van der Waals surface area contributed by atoms with Crippen molar-refractivity contribution in [1.29, 1.82) is 0 Å². The number of aryl methyl sites for hydroxylation is 1. The van der Waals surface area contributed by atoms with Crippen LogP contribution in [-0.2, 0) is 6.42 Å². The number of carbonyl (C=O) groups is 1. The molecule has 7 heteroatoms. The van der Waals surface area contributed by atoms with Gasteiger partial charge in [-0.05, 0) is 49.2 Å². The monoisotopic (exact) mass is 382 g/mol. The van der Waals surface area contributed by atoms with E-state index in [9.17, 15) is 9.18 Å². The average molecular weight is 382 g/mol. The maximum atomic E-state index is 13.8. The number of benzene rings is 2. The van der Waals surface area contributed by atoms with Crippen molar-refractivity contribution >= 4 is 17.5 Å². The van der Waals surface area contributed by atoms with E-state index >= 15 is 0 Å². The van der Waals surface area contributed by atoms with E-state index in [1.54, 1.807) is 23.9 Å². The maximum absolute atomic E-state index is 13.8. The number of urea groups is 1. The number of ether oxygens (including phenoxy) is 1. The van der Waals surface area contributed by atoms with Crippen LogP contribution in [0.1, 0.15) is 25.5 Å². The van der Waals surface area contributed by atoms with Crippen molar-refractivity contribution in [2.75, 3.05) is 17.7 Å². The van der Waals surface area contributed by atoms with Crippen LogP contribution in [0.3, 0.4) is 0 Å². The molecule has 2 amide bonds. The second kappa shape index (κ2) is 9.03. The van der Waals surface area contributed by atoms with Crippen molar-refractivity contribution in [2.45, 2.75) is 26.2 Å². The molecule has 0 aliphatic carbocycles. The Balaban J connectivity index is 1.84. The van der Waals surface area contributed by atoms with E-state index in [0.717, 1.165) is 36.4 Å². The predicted octanol–water partition coefficient (Wildman–Crippen LogP) is 5.01. The summed E-state index contributed by atoms with van der Waals surface area (Å²) < 4.78 is 20.6. The SMILES string of the molecule is CCCCc1cc(NC(=O)Nc2ccccc2F)n(-c2ccc(OC)cc2)n1. The lowest BCUT2D eigenvalue weighted by atomic mass is 10.2. The van der Waals surface area contributed by atoms with Gasteiger partial charge in [0.2, 0.25) is 0 Å². The van der Waals surface area contributed by atoms with Crippen molar-refractivity contribution in [3.63, 3.8) is 0 Å². The average Bonchev–Trinajstić information content (AvgIpc) is 3.10. The van der Waals surface area contributed by atoms with E-state index in [2.05, 4.69) is 22.7 Å². The summed E-state index contributed by atoms with van der Waals surface area (Å²) in [6, 6.07) is 14.7. The van der Waals surface area contributed by atoms with Gasteiger partial charge >= 0.3 is 6.03 Å². The minimum absolute atomic E-state index is 0.113. The summed E-state index contributed by atoms with van der Waals surface area (Å²) in [5.74, 6) is 0.740. The first-order chi connectivity index (χ1) is 13.6. The second-order valence-electron chi connectivity index (χ2n) is 6.29. The molecule has 2 aromatic carbocycles. The molecule has 0 unspecified atom stereocenters. The molecule has 0 radical (unpaired) electrons. The van der Waals surface area contributed by atoms with E-state index in [1.807, 2.05) is 30.3 Å². The van der Waals surface area contributed by atoms with Gasteiger partial charge in [0.15, 0.2) is 0 Å². The van der Waals surface area contributed by atoms with Crippen LogP contribution in [0.5, 0.6) is 5.75 Å². The van der Waals surface area contributed by atoms with Crippen molar-refractivity contribution < 1.29 is 13.9 Å². The molecule has 0 fully saturated rings. The normalized spacial score (nSPS) is 10.5. The molecule has 0 spiro atoms. The van der Waals surface area contributed by atoms with Crippen LogP contribution in [0.4, 0.5) is 20.7 Å². The Bertz CT molecular complexity index is 938. The summed E-state index contributed by atoms with van der Waals surface area (Å²) in [6.45, 7) is 2.11. The summed E-state index contributed by atoms with van der Waals surface area (Å²) >= 11 is 0. The zero-order valence-electron chi connectivity index (χ0n) is 15.9. The van der Waals surface area contributed by atoms with Crippen LogP contribution >= 0.6 is 0 Å². The van der Waals surface area contributed by atoms with Gasteiger partial charge in [0, 0.05) is 6.07 Å². The third-order valence-electron chi connectivity index (χ3n) is 4.23. The highest BCUT2D eigenvalue weighted by molar-refractivity contribution is 5.99. The molecule has 146 valence electrons. The number of halogens is 1. The molecular formula is C21H23FN4O2. The minimum atomic E-state index is -0.540. The van der Waals surface area contributed by atoms with Crippen LogP contribution in [0, 0.1) is 5.82 Å². The van der Waals surface area contributed by atoms with Gasteiger partial charge < -0.3 is 10.1 Å². The third kappa shape index (κ3) is 4.68. The highest BCUT2D eigenvalue weighted by Crippen LogP contribution is 2.21. The molecule has 0 bridgehead atoms. The molecule has 0 saturated carbocycles. The van der Waals surface area contributed by atoms with E-state index < -0.39 is 11.8 Å². The summed E-state index contributed by atoms with van der Waals surface area (Å²) in [4.78, 5) is 12.4. The van der Waals surface area contributed by atoms with Gasteiger partial charge in [0.1, 0.15) is 17.4 Å². The van der Waals surface area contributed by atoms with Gasteiger partial charge in [-0.2, -0.15) is 5.10 Å². The number of carbonyl (C=O) groups excluding carboxylic acids is 1. The lowest BCUT2D eigenvalue weighted by Crippen LogP contribution is -2.21. The quantitative estimate of drug-likeness (QED) is 0.604. The molecule has 3 rings (SSSR count). The van der Waals surface area contributed by atoms with Gasteiger partial charge in [-0.15, -0.1) is 0 Å². The van der Waals surface area contributed by atoms with Crippen molar-refractivity contribution in [2.24, 2.45) is 0 Å². The van der Waals surface area contributed by atoms with Crippen LogP contribution < -0.4 is 15.4 Å². The Labute approximate surface area is 163 Å². The number of nitrogens with zero attached hydrogens (tertiary/aromatic N) is 2. The molecule has 28 heavy (non-hydrogen) atoms. The molecule has 0 saturated heterocycles. The highest BCUT2D eigenvalue weighted by Gasteiger charge is 2.14. The number of aromatic nitrogens is 2. The Morgan fingerprint density at radius 2 is 1.89 bits per heavy atom. The first kappa shape index (κ1) is 19.4. The Morgan fingerprint density at radius 3 is 2.57 bits per heavy atom. The summed E-state index contributed by atoms with van der Waals surface area (Å²) in [5.41, 5.74) is 1.77. The van der Waals surface area contributed by atoms with Gasteiger partial charge in [0.05, 0.1) is 24.2 Å². The Kier molecular flexibility index (Phi) is 6.26. The topological polar surface area (TPSA) is 68.2 Å². The molecule has 0 aliphatic rings. The Hall–Kier alpha value is -3.35. The molecule has 1 heterocycles. The van der Waals surface area contributed by atoms with Crippen molar-refractivity contribution in [3.05, 3.63) is 66.1 Å². The van der Waals surface area contributed by atoms with E-state index in [0.29, 0.717) is 5.82 Å². The third-order valence-corrected chi connectivity index (χ3v) is 4.23. The maximum Gasteiger partial charge on any atom is 0.324 e. The number of rotatable bonds is 7. The number of nitrogens with one attached hydrogen (secondary N) is 2. The van der Waals surface area contributed by atoms with Crippen LogP contribution in [0.2, 0.25) is 0 Å². The summed E-state index contributed by atoms with van der Waals surface area (Å²) in [7, 11) is 1.60. The second-order valence-corrected chi connectivity index (χ2v) is 6.29. The molecule has 1 aromatic heterocycles. The molecule has 0 aliphatic heterocycles. The Morgan fingerprint density at radius 1 is 1.14 bits per heavy atom. The number of anilines is 2. The largest absolute Gasteiger partial charge is 0.497 e. The lowest BCUT2D eigenvalue weighted by molar-refractivity contribution is 0.262. The molecule has 0 atom stereocenters. The fraction of sp³-hybridized carbons (Fsp3) is 0.238. The van der Waals surface area contributed by atoms with Crippen LogP contribution in [-0.4, -0.2) is 22.9 Å². The van der Waals surface area contributed by atoms with Crippen LogP contribution in [0.15, 0.2) is 54.6 Å². The predicted molar refractivity (Wildman–Crippen MR) is 108 cm³/mol. The van der Waals surface area contributed by atoms with Gasteiger partial charge in [-0.3, -0.25) is 5.32 Å². The van der Waals surface area contributed by atoms with Gasteiger partial charge in [-0.25, -0.2) is 13.9 Å².